The number of allylic oxidation sites excluding steroid dienone is 4. The number of rotatable bonds is 7. The average Bonchev–Trinajstić information content (AvgIpc) is 2.81. The number of hydrogen-bond donors (Lipinski definition) is 3. The summed E-state index contributed by atoms with van der Waals surface area (Å²) in [5, 5.41) is 32.7. The number of carboxylic acids is 1. The van der Waals surface area contributed by atoms with Gasteiger partial charge in [0.25, 0.3) is 11.6 Å². The molecule has 0 aromatic heterocycles. The Morgan fingerprint density at radius 3 is 2.45 bits per heavy atom. The van der Waals surface area contributed by atoms with E-state index in [0.717, 1.165) is 24.5 Å². The van der Waals surface area contributed by atoms with Crippen molar-refractivity contribution >= 4 is 17.6 Å². The van der Waals surface area contributed by atoms with Crippen LogP contribution in [0, 0.1) is 22.0 Å². The van der Waals surface area contributed by atoms with Crippen LogP contribution in [0.1, 0.15) is 47.2 Å². The maximum Gasteiger partial charge on any atom is 0.326 e. The summed E-state index contributed by atoms with van der Waals surface area (Å²) < 4.78 is 0. The van der Waals surface area contributed by atoms with Crippen LogP contribution in [0.3, 0.4) is 0 Å². The summed E-state index contributed by atoms with van der Waals surface area (Å²) in [4.78, 5) is 35.1. The lowest BCUT2D eigenvalue weighted by atomic mass is 9.99. The molecule has 0 fully saturated rings. The number of aromatic hydroxyl groups is 1. The second-order valence-electron chi connectivity index (χ2n) is 7.48. The molecule has 1 aliphatic carbocycles. The van der Waals surface area contributed by atoms with Crippen molar-refractivity contribution in [2.24, 2.45) is 0 Å². The summed E-state index contributed by atoms with van der Waals surface area (Å²) in [5.41, 5.74) is 1.43. The zero-order valence-electron chi connectivity index (χ0n) is 17.7. The van der Waals surface area contributed by atoms with Crippen LogP contribution >= 0.6 is 0 Å². The van der Waals surface area contributed by atoms with Gasteiger partial charge in [-0.2, -0.15) is 0 Å². The minimum Gasteiger partial charge on any atom is -0.508 e. The van der Waals surface area contributed by atoms with Crippen LogP contribution in [0.15, 0.2) is 66.3 Å². The quantitative estimate of drug-likeness (QED) is 0.336. The Labute approximate surface area is 190 Å². The third-order valence-electron chi connectivity index (χ3n) is 5.01. The summed E-state index contributed by atoms with van der Waals surface area (Å²) >= 11 is 0. The van der Waals surface area contributed by atoms with Crippen molar-refractivity contribution in [3.63, 3.8) is 0 Å². The first-order chi connectivity index (χ1) is 15.8. The molecule has 0 radical (unpaired) electrons. The Kier molecular flexibility index (Phi) is 7.60. The number of carboxylic acid groups (broad SMARTS) is 1. The summed E-state index contributed by atoms with van der Waals surface area (Å²) in [5.74, 6) is 3.75. The number of phenols is 1. The van der Waals surface area contributed by atoms with Crippen molar-refractivity contribution in [1.82, 2.24) is 5.32 Å². The van der Waals surface area contributed by atoms with Gasteiger partial charge < -0.3 is 15.5 Å². The van der Waals surface area contributed by atoms with Crippen molar-refractivity contribution in [2.75, 3.05) is 0 Å². The molecule has 33 heavy (non-hydrogen) atoms. The zero-order valence-corrected chi connectivity index (χ0v) is 17.7. The number of hydrogen-bond acceptors (Lipinski definition) is 5. The van der Waals surface area contributed by atoms with Gasteiger partial charge in [-0.15, -0.1) is 0 Å². The SMILES string of the molecule is O=C(N[C@@H](CCC1=CCCC=C1)C(=O)O)c1cc(C#Cc2ccc(O)cc2)cc([N+](=O)[O-])c1. The molecule has 0 heterocycles. The predicted octanol–water partition coefficient (Wildman–Crippen LogP) is 3.94. The summed E-state index contributed by atoms with van der Waals surface area (Å²) in [6, 6.07) is 8.65. The largest absolute Gasteiger partial charge is 0.508 e. The molecule has 0 bridgehead atoms. The molecule has 0 saturated carbocycles. The molecule has 0 unspecified atom stereocenters. The molecule has 1 amide bonds. The number of nitro groups is 1. The van der Waals surface area contributed by atoms with Gasteiger partial charge in [-0.1, -0.05) is 35.6 Å². The lowest BCUT2D eigenvalue weighted by molar-refractivity contribution is -0.384. The second kappa shape index (κ2) is 10.8. The van der Waals surface area contributed by atoms with Crippen molar-refractivity contribution in [3.05, 3.63) is 93.1 Å². The highest BCUT2D eigenvalue weighted by Gasteiger charge is 2.22. The molecule has 0 aliphatic heterocycles. The van der Waals surface area contributed by atoms with Gasteiger partial charge in [-0.25, -0.2) is 4.79 Å². The van der Waals surface area contributed by atoms with Crippen molar-refractivity contribution in [1.29, 1.82) is 0 Å². The van der Waals surface area contributed by atoms with Crippen LogP contribution in [-0.4, -0.2) is 33.1 Å². The second-order valence-corrected chi connectivity index (χ2v) is 7.48. The molecule has 1 atom stereocenters. The molecule has 8 heteroatoms. The molecule has 1 aliphatic rings. The molecule has 168 valence electrons. The summed E-state index contributed by atoms with van der Waals surface area (Å²) in [6.07, 6.45) is 8.55. The standard InChI is InChI=1S/C25H22N2O6/c28-22-11-8-18(9-12-22)6-7-19-14-20(16-21(15-19)27(32)33)24(29)26-23(25(30)31)13-10-17-4-2-1-3-5-17/h2,4-5,8-9,11-12,14-16,23,28H,1,3,10,13H2,(H,26,29)(H,30,31)/t23-/m0/s1. The number of nitrogens with one attached hydrogen (secondary N) is 1. The van der Waals surface area contributed by atoms with Crippen LogP contribution in [0.5, 0.6) is 5.75 Å². The Morgan fingerprint density at radius 2 is 1.82 bits per heavy atom. The van der Waals surface area contributed by atoms with E-state index in [2.05, 4.69) is 17.2 Å². The molecular weight excluding hydrogens is 424 g/mol. The van der Waals surface area contributed by atoms with Gasteiger partial charge in [0.1, 0.15) is 11.8 Å². The Balaban J connectivity index is 1.79. The van der Waals surface area contributed by atoms with E-state index < -0.39 is 22.8 Å². The Bertz CT molecular complexity index is 1190. The fourth-order valence-corrected chi connectivity index (χ4v) is 3.27. The average molecular weight is 446 g/mol. The molecule has 2 aromatic carbocycles. The maximum atomic E-state index is 12.7. The number of carbonyl (C=O) groups is 2. The van der Waals surface area contributed by atoms with Crippen molar-refractivity contribution in [2.45, 2.75) is 31.7 Å². The third-order valence-corrected chi connectivity index (χ3v) is 5.01. The lowest BCUT2D eigenvalue weighted by Gasteiger charge is -2.16. The van der Waals surface area contributed by atoms with E-state index >= 15 is 0 Å². The van der Waals surface area contributed by atoms with Crippen molar-refractivity contribution in [3.8, 4) is 17.6 Å². The van der Waals surface area contributed by atoms with Gasteiger partial charge in [-0.3, -0.25) is 14.9 Å². The van der Waals surface area contributed by atoms with Crippen LogP contribution in [0.25, 0.3) is 0 Å². The van der Waals surface area contributed by atoms with E-state index in [1.54, 1.807) is 12.1 Å². The molecule has 2 aromatic rings. The predicted molar refractivity (Wildman–Crippen MR) is 122 cm³/mol. The normalized spacial score (nSPS) is 13.3. The molecule has 0 spiro atoms. The highest BCUT2D eigenvalue weighted by atomic mass is 16.6. The third kappa shape index (κ3) is 6.80. The fourth-order valence-electron chi connectivity index (χ4n) is 3.27. The molecule has 3 N–H and O–H groups in total. The highest BCUT2D eigenvalue weighted by Crippen LogP contribution is 2.19. The molecular formula is C25H22N2O6. The number of carbonyl (C=O) groups excluding carboxylic acids is 1. The maximum absolute atomic E-state index is 12.7. The van der Waals surface area contributed by atoms with Gasteiger partial charge in [0, 0.05) is 28.8 Å². The number of nitrogens with zero attached hydrogens (tertiary/aromatic N) is 1. The number of non-ortho nitro benzene ring substituents is 1. The number of nitro benzene ring substituents is 1. The summed E-state index contributed by atoms with van der Waals surface area (Å²) in [7, 11) is 0. The van der Waals surface area contributed by atoms with E-state index in [4.69, 9.17) is 0 Å². The van der Waals surface area contributed by atoms with Gasteiger partial charge in [0.15, 0.2) is 0 Å². The molecule has 0 saturated heterocycles. The minimum atomic E-state index is -1.18. The van der Waals surface area contributed by atoms with E-state index in [9.17, 15) is 29.9 Å². The first-order valence-electron chi connectivity index (χ1n) is 10.3. The minimum absolute atomic E-state index is 0.0535. The monoisotopic (exact) mass is 446 g/mol. The fraction of sp³-hybridized carbons (Fsp3) is 0.200. The van der Waals surface area contributed by atoms with E-state index in [-0.39, 0.29) is 29.0 Å². The highest BCUT2D eigenvalue weighted by molar-refractivity contribution is 5.97. The van der Waals surface area contributed by atoms with E-state index in [1.165, 1.54) is 24.3 Å². The number of benzene rings is 2. The zero-order chi connectivity index (χ0) is 23.8. The number of aliphatic carboxylic acids is 1. The van der Waals surface area contributed by atoms with Crippen molar-refractivity contribution < 1.29 is 24.7 Å². The van der Waals surface area contributed by atoms with Crippen LogP contribution in [0.2, 0.25) is 0 Å². The van der Waals surface area contributed by atoms with E-state index in [0.29, 0.717) is 12.0 Å². The van der Waals surface area contributed by atoms with Gasteiger partial charge in [0.2, 0.25) is 0 Å². The van der Waals surface area contributed by atoms with Crippen LogP contribution in [-0.2, 0) is 4.79 Å². The number of amides is 1. The first-order valence-corrected chi connectivity index (χ1v) is 10.3. The van der Waals surface area contributed by atoms with Crippen LogP contribution < -0.4 is 5.32 Å². The summed E-state index contributed by atoms with van der Waals surface area (Å²) in [6.45, 7) is 0. The molecule has 8 nitrogen and oxygen atoms in total. The Morgan fingerprint density at radius 1 is 1.09 bits per heavy atom. The van der Waals surface area contributed by atoms with Gasteiger partial charge in [-0.05, 0) is 56.0 Å². The first kappa shape index (κ1) is 23.3. The van der Waals surface area contributed by atoms with Gasteiger partial charge in [0.05, 0.1) is 4.92 Å². The van der Waals surface area contributed by atoms with Gasteiger partial charge >= 0.3 is 5.97 Å². The molecule has 3 rings (SSSR count). The number of phenolic OH excluding ortho intramolecular Hbond substituents is 1. The topological polar surface area (TPSA) is 130 Å². The lowest BCUT2D eigenvalue weighted by Crippen LogP contribution is -2.40. The van der Waals surface area contributed by atoms with Crippen LogP contribution in [0.4, 0.5) is 5.69 Å². The smallest absolute Gasteiger partial charge is 0.326 e. The Hall–Kier alpha value is -4.38. The van der Waals surface area contributed by atoms with E-state index in [1.807, 2.05) is 18.2 Å².